The second-order valence-corrected chi connectivity index (χ2v) is 15.3. The quantitative estimate of drug-likeness (QED) is 0.181. The Morgan fingerprint density at radius 2 is 1.13 bits per heavy atom. The number of hydrogen-bond donors (Lipinski definition) is 0. The summed E-state index contributed by atoms with van der Waals surface area (Å²) in [6.07, 6.45) is 5.26. The summed E-state index contributed by atoms with van der Waals surface area (Å²) in [5, 5.41) is 6.60. The molecule has 12 rings (SSSR count). The molecule has 6 heteroatoms. The largest absolute Gasteiger partial charge is 0.456 e. The predicted molar refractivity (Wildman–Crippen MR) is 226 cm³/mol. The van der Waals surface area contributed by atoms with Crippen LogP contribution in [-0.4, -0.2) is 15.0 Å². The number of fused-ring (bicyclic) bond motifs is 10. The summed E-state index contributed by atoms with van der Waals surface area (Å²) >= 11 is 1.80. The zero-order chi connectivity index (χ0) is 36.0. The molecular formula is C49H29N3O2S. The van der Waals surface area contributed by atoms with Crippen LogP contribution in [0.15, 0.2) is 161 Å². The maximum absolute atomic E-state index is 6.65. The highest BCUT2D eigenvalue weighted by Crippen LogP contribution is 2.43. The van der Waals surface area contributed by atoms with E-state index in [0.29, 0.717) is 11.6 Å². The number of nitrogens with zero attached hydrogens (tertiary/aromatic N) is 3. The van der Waals surface area contributed by atoms with Crippen molar-refractivity contribution in [1.82, 2.24) is 15.0 Å². The first-order chi connectivity index (χ1) is 27.2. The van der Waals surface area contributed by atoms with Gasteiger partial charge in [-0.2, -0.15) is 0 Å². The second kappa shape index (κ2) is 11.8. The molecule has 1 aliphatic carbocycles. The maximum Gasteiger partial charge on any atom is 0.164 e. The van der Waals surface area contributed by atoms with E-state index < -0.39 is 0 Å². The number of benzene rings is 7. The maximum atomic E-state index is 6.65. The van der Waals surface area contributed by atoms with Gasteiger partial charge in [0.15, 0.2) is 11.6 Å². The van der Waals surface area contributed by atoms with Crippen LogP contribution in [0.4, 0.5) is 0 Å². The highest BCUT2D eigenvalue weighted by molar-refractivity contribution is 7.25. The molecule has 55 heavy (non-hydrogen) atoms. The van der Waals surface area contributed by atoms with E-state index in [-0.39, 0.29) is 5.92 Å². The Morgan fingerprint density at radius 3 is 2.00 bits per heavy atom. The third kappa shape index (κ3) is 4.75. The fourth-order valence-electron chi connectivity index (χ4n) is 8.54. The molecule has 7 aromatic carbocycles. The lowest BCUT2D eigenvalue weighted by molar-refractivity contribution is 0.668. The molecule has 4 heterocycles. The molecule has 258 valence electrons. The Bertz CT molecular complexity index is 3390. The van der Waals surface area contributed by atoms with Crippen LogP contribution >= 0.6 is 11.3 Å². The first kappa shape index (κ1) is 30.6. The molecule has 0 fully saturated rings. The van der Waals surface area contributed by atoms with E-state index in [2.05, 4.69) is 127 Å². The van der Waals surface area contributed by atoms with E-state index in [4.69, 9.17) is 23.8 Å². The van der Waals surface area contributed by atoms with Crippen molar-refractivity contribution in [3.63, 3.8) is 0 Å². The number of hydrogen-bond acceptors (Lipinski definition) is 6. The van der Waals surface area contributed by atoms with Crippen molar-refractivity contribution in [2.45, 2.75) is 12.3 Å². The van der Waals surface area contributed by atoms with Gasteiger partial charge >= 0.3 is 0 Å². The van der Waals surface area contributed by atoms with E-state index in [9.17, 15) is 0 Å². The van der Waals surface area contributed by atoms with Crippen molar-refractivity contribution in [3.05, 3.63) is 169 Å². The summed E-state index contributed by atoms with van der Waals surface area (Å²) in [6.45, 7) is 0. The van der Waals surface area contributed by atoms with Crippen LogP contribution in [0.5, 0.6) is 0 Å². The van der Waals surface area contributed by atoms with Crippen molar-refractivity contribution >= 4 is 81.5 Å². The van der Waals surface area contributed by atoms with Gasteiger partial charge in [0.1, 0.15) is 28.2 Å². The lowest BCUT2D eigenvalue weighted by Gasteiger charge is -2.19. The highest BCUT2D eigenvalue weighted by Gasteiger charge is 2.24. The molecule has 0 radical (unpaired) electrons. The fourth-order valence-corrected chi connectivity index (χ4v) is 9.67. The minimum atomic E-state index is -0.00149. The zero-order valence-corrected chi connectivity index (χ0v) is 30.2. The average Bonchev–Trinajstić information content (AvgIpc) is 3.94. The van der Waals surface area contributed by atoms with Crippen LogP contribution in [0.2, 0.25) is 0 Å². The normalized spacial score (nSPS) is 14.2. The third-order valence-corrected chi connectivity index (χ3v) is 12.2. The van der Waals surface area contributed by atoms with E-state index in [0.717, 1.165) is 78.4 Å². The summed E-state index contributed by atoms with van der Waals surface area (Å²) in [7, 11) is 0. The second-order valence-electron chi connectivity index (χ2n) is 14.3. The minimum absolute atomic E-state index is 0.00149. The van der Waals surface area contributed by atoms with E-state index in [1.54, 1.807) is 11.3 Å². The highest BCUT2D eigenvalue weighted by atomic mass is 32.1. The van der Waals surface area contributed by atoms with Crippen LogP contribution in [0.1, 0.15) is 22.9 Å². The van der Waals surface area contributed by atoms with Gasteiger partial charge in [0, 0.05) is 58.8 Å². The zero-order valence-electron chi connectivity index (χ0n) is 29.4. The molecule has 1 unspecified atom stereocenters. The molecule has 0 saturated carbocycles. The van der Waals surface area contributed by atoms with Gasteiger partial charge in [0.2, 0.25) is 0 Å². The third-order valence-electron chi connectivity index (χ3n) is 11.1. The van der Waals surface area contributed by atoms with Gasteiger partial charge < -0.3 is 8.83 Å². The summed E-state index contributed by atoms with van der Waals surface area (Å²) in [4.78, 5) is 15.9. The van der Waals surface area contributed by atoms with Crippen molar-refractivity contribution in [2.24, 2.45) is 0 Å². The Kier molecular flexibility index (Phi) is 6.56. The molecule has 11 aromatic rings. The molecule has 0 saturated heterocycles. The first-order valence-corrected chi connectivity index (χ1v) is 19.3. The average molecular weight is 724 g/mol. The molecule has 0 aliphatic heterocycles. The minimum Gasteiger partial charge on any atom is -0.456 e. The molecule has 4 aromatic heterocycles. The molecule has 1 aliphatic rings. The number of aromatic nitrogens is 3. The van der Waals surface area contributed by atoms with Gasteiger partial charge in [-0.15, -0.1) is 11.3 Å². The van der Waals surface area contributed by atoms with E-state index >= 15 is 0 Å². The molecule has 1 atom stereocenters. The van der Waals surface area contributed by atoms with Crippen LogP contribution in [0.25, 0.3) is 104 Å². The van der Waals surface area contributed by atoms with Gasteiger partial charge in [-0.05, 0) is 71.1 Å². The monoisotopic (exact) mass is 723 g/mol. The van der Waals surface area contributed by atoms with Gasteiger partial charge in [0.25, 0.3) is 0 Å². The molecule has 5 nitrogen and oxygen atoms in total. The Morgan fingerprint density at radius 1 is 0.491 bits per heavy atom. The van der Waals surface area contributed by atoms with Gasteiger partial charge in [-0.1, -0.05) is 115 Å². The van der Waals surface area contributed by atoms with Gasteiger partial charge in [0.05, 0.1) is 0 Å². The Labute approximate surface area is 318 Å². The lowest BCUT2D eigenvalue weighted by Crippen LogP contribution is -2.12. The molecule has 0 spiro atoms. The molecule has 0 N–H and O–H groups in total. The van der Waals surface area contributed by atoms with Crippen LogP contribution in [0.3, 0.4) is 0 Å². The van der Waals surface area contributed by atoms with Crippen molar-refractivity contribution in [2.75, 3.05) is 0 Å². The van der Waals surface area contributed by atoms with Crippen LogP contribution < -0.4 is 0 Å². The van der Waals surface area contributed by atoms with Crippen LogP contribution in [-0.2, 0) is 6.42 Å². The summed E-state index contributed by atoms with van der Waals surface area (Å²) in [6, 6.07) is 50.7. The first-order valence-electron chi connectivity index (χ1n) is 18.5. The van der Waals surface area contributed by atoms with E-state index in [1.807, 2.05) is 30.3 Å². The van der Waals surface area contributed by atoms with Crippen molar-refractivity contribution in [3.8, 4) is 33.9 Å². The number of rotatable bonds is 4. The smallest absolute Gasteiger partial charge is 0.164 e. The molecule has 0 amide bonds. The van der Waals surface area contributed by atoms with Gasteiger partial charge in [-0.3, -0.25) is 0 Å². The number of thiophene rings is 1. The van der Waals surface area contributed by atoms with E-state index in [1.165, 1.54) is 31.3 Å². The molecular weight excluding hydrogens is 695 g/mol. The van der Waals surface area contributed by atoms with Crippen molar-refractivity contribution < 1.29 is 8.83 Å². The van der Waals surface area contributed by atoms with Gasteiger partial charge in [-0.25, -0.2) is 15.0 Å². The lowest BCUT2D eigenvalue weighted by atomic mass is 9.89. The number of para-hydroxylation sites is 1. The fraction of sp³-hybridized carbons (Fsp3) is 0.0408. The summed E-state index contributed by atoms with van der Waals surface area (Å²) < 4.78 is 15.3. The van der Waals surface area contributed by atoms with Crippen molar-refractivity contribution in [1.29, 1.82) is 0 Å². The topological polar surface area (TPSA) is 65.0 Å². The predicted octanol–water partition coefficient (Wildman–Crippen LogP) is 13.4. The Balaban J connectivity index is 1.06. The van der Waals surface area contributed by atoms with Crippen LogP contribution in [0, 0.1) is 0 Å². The molecule has 0 bridgehead atoms. The number of furan rings is 2. The SMILES string of the molecule is C1=CC(c2nc(-c3cccc4oc5cc(-c6cccc7oc8ccccc8c67)ccc5c34)nc(-c3cccc4sc5ccccc5c34)n2)Cc2ccccc21. The summed E-state index contributed by atoms with van der Waals surface area (Å²) in [5.74, 6) is 2.07. The number of allylic oxidation sites excluding steroid dienone is 1. The summed E-state index contributed by atoms with van der Waals surface area (Å²) in [5.41, 5.74) is 9.98. The standard InChI is InChI=1S/C49H29N3O2S/c1-2-11-29-26-31(23-22-28(29)10-1)47-50-48(52-49(51-47)37-16-9-21-43-46(37)35-13-4-6-20-42(35)55-43)36-15-8-19-40-45(36)34-25-24-30(27-41(34)54-40)32-14-7-18-39-44(32)33-12-3-5-17-38(33)53-39/h1-25,27,31H,26H2. The Hall–Kier alpha value is -6.89.